The maximum absolute atomic E-state index is 4.55. The molecule has 0 radical (unpaired) electrons. The monoisotopic (exact) mass is 230 g/mol. The molecule has 0 amide bonds. The first-order valence-corrected chi connectivity index (χ1v) is 7.12. The highest BCUT2D eigenvalue weighted by Crippen LogP contribution is 2.16. The fourth-order valence-electron chi connectivity index (χ4n) is 1.08. The standard InChI is InChI=1S/C10H18N2S2/c1-3-5-11-6-9-7-14-10(12-9)8-13-4-2/h7,11H,3-6,8H2,1-2H3. The molecule has 0 saturated carbocycles. The zero-order valence-corrected chi connectivity index (χ0v) is 10.5. The van der Waals surface area contributed by atoms with Crippen molar-refractivity contribution < 1.29 is 0 Å². The Morgan fingerprint density at radius 1 is 1.50 bits per heavy atom. The second-order valence-corrected chi connectivity index (χ2v) is 5.26. The molecule has 0 spiro atoms. The van der Waals surface area contributed by atoms with E-state index in [0.717, 1.165) is 18.8 Å². The summed E-state index contributed by atoms with van der Waals surface area (Å²) in [5.74, 6) is 2.23. The molecule has 0 saturated heterocycles. The first-order chi connectivity index (χ1) is 6.86. The Hall–Kier alpha value is -0.0600. The van der Waals surface area contributed by atoms with E-state index in [0.29, 0.717) is 0 Å². The summed E-state index contributed by atoms with van der Waals surface area (Å²) in [6.45, 7) is 6.36. The van der Waals surface area contributed by atoms with Crippen LogP contribution in [0.2, 0.25) is 0 Å². The van der Waals surface area contributed by atoms with Crippen LogP contribution in [-0.2, 0) is 12.3 Å². The average Bonchev–Trinajstić information content (AvgIpc) is 2.63. The molecule has 2 nitrogen and oxygen atoms in total. The third-order valence-corrected chi connectivity index (χ3v) is 3.73. The van der Waals surface area contributed by atoms with Gasteiger partial charge in [0, 0.05) is 17.7 Å². The summed E-state index contributed by atoms with van der Waals surface area (Å²) in [5.41, 5.74) is 1.19. The number of rotatable bonds is 7. The van der Waals surface area contributed by atoms with Crippen molar-refractivity contribution in [3.05, 3.63) is 16.1 Å². The van der Waals surface area contributed by atoms with E-state index >= 15 is 0 Å². The second kappa shape index (κ2) is 7.26. The van der Waals surface area contributed by atoms with Crippen molar-refractivity contribution in [3.63, 3.8) is 0 Å². The van der Waals surface area contributed by atoms with Gasteiger partial charge >= 0.3 is 0 Å². The molecule has 0 aliphatic rings. The molecular weight excluding hydrogens is 212 g/mol. The molecule has 4 heteroatoms. The van der Waals surface area contributed by atoms with E-state index in [4.69, 9.17) is 0 Å². The van der Waals surface area contributed by atoms with Crippen LogP contribution in [0, 0.1) is 0 Å². The minimum atomic E-state index is 0.918. The van der Waals surface area contributed by atoms with E-state index in [1.165, 1.54) is 22.9 Å². The number of aromatic nitrogens is 1. The van der Waals surface area contributed by atoms with Crippen LogP contribution in [0.1, 0.15) is 31.0 Å². The van der Waals surface area contributed by atoms with Crippen molar-refractivity contribution in [2.45, 2.75) is 32.6 Å². The van der Waals surface area contributed by atoms with Gasteiger partial charge in [0.25, 0.3) is 0 Å². The fraction of sp³-hybridized carbons (Fsp3) is 0.700. The van der Waals surface area contributed by atoms with Crippen molar-refractivity contribution in [1.82, 2.24) is 10.3 Å². The maximum Gasteiger partial charge on any atom is 0.103 e. The van der Waals surface area contributed by atoms with Gasteiger partial charge in [-0.3, -0.25) is 0 Å². The molecule has 1 aromatic rings. The van der Waals surface area contributed by atoms with Crippen LogP contribution in [0.5, 0.6) is 0 Å². The van der Waals surface area contributed by atoms with E-state index in [2.05, 4.69) is 29.5 Å². The molecule has 0 unspecified atom stereocenters. The largest absolute Gasteiger partial charge is 0.311 e. The molecular formula is C10H18N2S2. The number of hydrogen-bond donors (Lipinski definition) is 1. The summed E-state index contributed by atoms with van der Waals surface area (Å²) in [4.78, 5) is 4.55. The molecule has 80 valence electrons. The average molecular weight is 230 g/mol. The predicted molar refractivity (Wildman–Crippen MR) is 65.9 cm³/mol. The SMILES string of the molecule is CCCNCc1csc(CSCC)n1. The minimum Gasteiger partial charge on any atom is -0.311 e. The number of nitrogens with one attached hydrogen (secondary N) is 1. The predicted octanol–water partition coefficient (Wildman–Crippen LogP) is 2.90. The Kier molecular flexibility index (Phi) is 6.23. The molecule has 1 rings (SSSR count). The van der Waals surface area contributed by atoms with Gasteiger partial charge in [-0.05, 0) is 18.7 Å². The highest BCUT2D eigenvalue weighted by Gasteiger charge is 2.00. The van der Waals surface area contributed by atoms with Gasteiger partial charge in [0.05, 0.1) is 5.69 Å². The van der Waals surface area contributed by atoms with Crippen molar-refractivity contribution in [2.75, 3.05) is 12.3 Å². The Morgan fingerprint density at radius 3 is 3.07 bits per heavy atom. The number of thiazole rings is 1. The molecule has 0 aliphatic heterocycles. The van der Waals surface area contributed by atoms with Gasteiger partial charge < -0.3 is 5.32 Å². The highest BCUT2D eigenvalue weighted by atomic mass is 32.2. The summed E-state index contributed by atoms with van der Waals surface area (Å²) in [6.07, 6.45) is 1.18. The quantitative estimate of drug-likeness (QED) is 0.729. The van der Waals surface area contributed by atoms with Gasteiger partial charge in [-0.25, -0.2) is 4.98 Å². The summed E-state index contributed by atoms with van der Waals surface area (Å²) >= 11 is 3.71. The van der Waals surface area contributed by atoms with Crippen molar-refractivity contribution in [2.24, 2.45) is 0 Å². The molecule has 1 heterocycles. The van der Waals surface area contributed by atoms with Crippen molar-refractivity contribution in [3.8, 4) is 0 Å². The summed E-state index contributed by atoms with van der Waals surface area (Å²) in [6, 6.07) is 0. The van der Waals surface area contributed by atoms with Crippen LogP contribution < -0.4 is 5.32 Å². The van der Waals surface area contributed by atoms with Crippen LogP contribution in [-0.4, -0.2) is 17.3 Å². The van der Waals surface area contributed by atoms with E-state index in [1.807, 2.05) is 11.8 Å². The van der Waals surface area contributed by atoms with Gasteiger partial charge in [0.2, 0.25) is 0 Å². The fourth-order valence-corrected chi connectivity index (χ4v) is 2.62. The zero-order valence-electron chi connectivity index (χ0n) is 8.88. The third kappa shape index (κ3) is 4.44. The Bertz CT molecular complexity index is 248. The first-order valence-electron chi connectivity index (χ1n) is 5.08. The van der Waals surface area contributed by atoms with Gasteiger partial charge in [0.15, 0.2) is 0 Å². The lowest BCUT2D eigenvalue weighted by atomic mass is 10.4. The van der Waals surface area contributed by atoms with Gasteiger partial charge in [-0.2, -0.15) is 11.8 Å². The molecule has 0 aromatic carbocycles. The van der Waals surface area contributed by atoms with Crippen LogP contribution in [0.4, 0.5) is 0 Å². The molecule has 1 N–H and O–H groups in total. The van der Waals surface area contributed by atoms with Crippen molar-refractivity contribution >= 4 is 23.1 Å². The third-order valence-electron chi connectivity index (χ3n) is 1.76. The van der Waals surface area contributed by atoms with Crippen LogP contribution in [0.15, 0.2) is 5.38 Å². The summed E-state index contributed by atoms with van der Waals surface area (Å²) in [7, 11) is 0. The highest BCUT2D eigenvalue weighted by molar-refractivity contribution is 7.98. The topological polar surface area (TPSA) is 24.9 Å². The molecule has 0 atom stereocenters. The van der Waals surface area contributed by atoms with Gasteiger partial charge in [-0.1, -0.05) is 13.8 Å². The van der Waals surface area contributed by atoms with E-state index < -0.39 is 0 Å². The lowest BCUT2D eigenvalue weighted by Crippen LogP contribution is -2.13. The summed E-state index contributed by atoms with van der Waals surface area (Å²) in [5, 5.41) is 6.77. The molecule has 0 fully saturated rings. The molecule has 1 aromatic heterocycles. The van der Waals surface area contributed by atoms with E-state index in [1.54, 1.807) is 11.3 Å². The smallest absolute Gasteiger partial charge is 0.103 e. The Labute approximate surface area is 94.5 Å². The number of nitrogens with zero attached hydrogens (tertiary/aromatic N) is 1. The van der Waals surface area contributed by atoms with Gasteiger partial charge in [-0.15, -0.1) is 11.3 Å². The number of thioether (sulfide) groups is 1. The van der Waals surface area contributed by atoms with E-state index in [9.17, 15) is 0 Å². The molecule has 0 aliphatic carbocycles. The Balaban J connectivity index is 2.27. The molecule has 0 bridgehead atoms. The Morgan fingerprint density at radius 2 is 2.36 bits per heavy atom. The minimum absolute atomic E-state index is 0.918. The summed E-state index contributed by atoms with van der Waals surface area (Å²) < 4.78 is 0. The normalized spacial score (nSPS) is 10.7. The van der Waals surface area contributed by atoms with Crippen LogP contribution >= 0.6 is 23.1 Å². The first kappa shape index (κ1) is 12.0. The van der Waals surface area contributed by atoms with E-state index in [-0.39, 0.29) is 0 Å². The van der Waals surface area contributed by atoms with Gasteiger partial charge in [0.1, 0.15) is 5.01 Å². The second-order valence-electron chi connectivity index (χ2n) is 3.05. The maximum atomic E-state index is 4.55. The van der Waals surface area contributed by atoms with Crippen LogP contribution in [0.3, 0.4) is 0 Å². The zero-order chi connectivity index (χ0) is 10.2. The lowest BCUT2D eigenvalue weighted by Gasteiger charge is -1.98. The number of hydrogen-bond acceptors (Lipinski definition) is 4. The van der Waals surface area contributed by atoms with Crippen LogP contribution in [0.25, 0.3) is 0 Å². The lowest BCUT2D eigenvalue weighted by molar-refractivity contribution is 0.666. The molecule has 14 heavy (non-hydrogen) atoms. The van der Waals surface area contributed by atoms with Crippen molar-refractivity contribution in [1.29, 1.82) is 0 Å².